The number of hydrogen-bond donors (Lipinski definition) is 1. The highest BCUT2D eigenvalue weighted by molar-refractivity contribution is 7.98. The van der Waals surface area contributed by atoms with Crippen molar-refractivity contribution in [1.29, 1.82) is 0 Å². The molecule has 0 amide bonds. The van der Waals surface area contributed by atoms with Gasteiger partial charge in [0.25, 0.3) is 5.69 Å². The van der Waals surface area contributed by atoms with E-state index >= 15 is 0 Å². The van der Waals surface area contributed by atoms with E-state index in [-0.39, 0.29) is 11.4 Å². The van der Waals surface area contributed by atoms with Crippen LogP contribution in [0.5, 0.6) is 0 Å². The lowest BCUT2D eigenvalue weighted by atomic mass is 10.2. The minimum absolute atomic E-state index is 0.0183. The zero-order valence-electron chi connectivity index (χ0n) is 7.90. The number of thioether (sulfide) groups is 1. The number of benzene rings is 1. The zero-order chi connectivity index (χ0) is 10.6. The van der Waals surface area contributed by atoms with Crippen molar-refractivity contribution in [3.63, 3.8) is 0 Å². The highest BCUT2D eigenvalue weighted by atomic mass is 32.2. The molecule has 0 heterocycles. The van der Waals surface area contributed by atoms with Crippen molar-refractivity contribution in [1.82, 2.24) is 0 Å². The first-order valence-corrected chi connectivity index (χ1v) is 5.41. The number of nitro groups is 1. The summed E-state index contributed by atoms with van der Waals surface area (Å²) in [5.74, 6) is 1.87. The molecule has 0 spiro atoms. The van der Waals surface area contributed by atoms with Gasteiger partial charge in [-0.05, 0) is 17.4 Å². The summed E-state index contributed by atoms with van der Waals surface area (Å²) in [7, 11) is 0. The zero-order valence-corrected chi connectivity index (χ0v) is 8.71. The third kappa shape index (κ3) is 2.63. The number of hydrogen-bond acceptors (Lipinski definition) is 4. The van der Waals surface area contributed by atoms with Crippen LogP contribution in [-0.2, 0) is 5.75 Å². The van der Waals surface area contributed by atoms with E-state index in [0.29, 0.717) is 0 Å². The van der Waals surface area contributed by atoms with Crippen LogP contribution in [0, 0.1) is 10.1 Å². The van der Waals surface area contributed by atoms with Gasteiger partial charge in [-0.1, -0.05) is 13.0 Å². The normalized spacial score (nSPS) is 10.1. The molecule has 0 atom stereocenters. The second-order valence-corrected chi connectivity index (χ2v) is 4.06. The van der Waals surface area contributed by atoms with E-state index in [1.165, 1.54) is 6.07 Å². The van der Waals surface area contributed by atoms with Crippen molar-refractivity contribution in [2.45, 2.75) is 12.7 Å². The Balaban J connectivity index is 2.83. The molecule has 76 valence electrons. The van der Waals surface area contributed by atoms with Gasteiger partial charge in [-0.15, -0.1) is 0 Å². The summed E-state index contributed by atoms with van der Waals surface area (Å²) >= 11 is 1.76. The van der Waals surface area contributed by atoms with Crippen molar-refractivity contribution >= 4 is 23.1 Å². The Morgan fingerprint density at radius 1 is 1.57 bits per heavy atom. The molecule has 2 N–H and O–H groups in total. The summed E-state index contributed by atoms with van der Waals surface area (Å²) in [6, 6.07) is 4.87. The fourth-order valence-electron chi connectivity index (χ4n) is 1.08. The van der Waals surface area contributed by atoms with Crippen LogP contribution in [0.3, 0.4) is 0 Å². The molecule has 0 bridgehead atoms. The van der Waals surface area contributed by atoms with Gasteiger partial charge in [-0.2, -0.15) is 11.8 Å². The molecule has 0 fully saturated rings. The summed E-state index contributed by atoms with van der Waals surface area (Å²) in [5.41, 5.74) is 6.79. The molecule has 1 aromatic rings. The number of nitrogen functional groups attached to an aromatic ring is 1. The van der Waals surface area contributed by atoms with Gasteiger partial charge in [0.15, 0.2) is 0 Å². The van der Waals surface area contributed by atoms with Gasteiger partial charge >= 0.3 is 0 Å². The molecule has 0 unspecified atom stereocenters. The minimum atomic E-state index is -0.466. The third-order valence-corrected chi connectivity index (χ3v) is 2.71. The molecule has 0 aliphatic carbocycles. The number of nitro benzene ring substituents is 1. The molecule has 0 radical (unpaired) electrons. The monoisotopic (exact) mass is 212 g/mol. The maximum Gasteiger partial charge on any atom is 0.292 e. The van der Waals surface area contributed by atoms with E-state index in [1.807, 2.05) is 0 Å². The van der Waals surface area contributed by atoms with Crippen LogP contribution >= 0.6 is 11.8 Å². The van der Waals surface area contributed by atoms with Crippen LogP contribution in [0.2, 0.25) is 0 Å². The average Bonchev–Trinajstić information content (AvgIpc) is 2.14. The number of nitrogens with two attached hydrogens (primary N) is 1. The molecule has 14 heavy (non-hydrogen) atoms. The molecule has 0 aromatic heterocycles. The van der Waals surface area contributed by atoms with Crippen LogP contribution in [-0.4, -0.2) is 10.7 Å². The summed E-state index contributed by atoms with van der Waals surface area (Å²) in [4.78, 5) is 10.0. The summed E-state index contributed by atoms with van der Waals surface area (Å²) < 4.78 is 0. The van der Waals surface area contributed by atoms with E-state index in [2.05, 4.69) is 6.92 Å². The minimum Gasteiger partial charge on any atom is -0.393 e. The van der Waals surface area contributed by atoms with Crippen molar-refractivity contribution in [3.8, 4) is 0 Å². The quantitative estimate of drug-likeness (QED) is 0.472. The Labute approximate surface area is 86.6 Å². The fourth-order valence-corrected chi connectivity index (χ4v) is 1.70. The molecule has 0 aliphatic heterocycles. The summed E-state index contributed by atoms with van der Waals surface area (Å²) in [6.07, 6.45) is 0. The molecule has 0 aliphatic rings. The van der Waals surface area contributed by atoms with Crippen molar-refractivity contribution in [3.05, 3.63) is 33.9 Å². The highest BCUT2D eigenvalue weighted by Gasteiger charge is 2.10. The second-order valence-electron chi connectivity index (χ2n) is 2.79. The van der Waals surface area contributed by atoms with E-state index in [4.69, 9.17) is 5.73 Å². The lowest BCUT2D eigenvalue weighted by Crippen LogP contribution is -1.96. The van der Waals surface area contributed by atoms with Gasteiger partial charge < -0.3 is 5.73 Å². The van der Waals surface area contributed by atoms with Crippen molar-refractivity contribution in [2.24, 2.45) is 0 Å². The Morgan fingerprint density at radius 3 is 2.79 bits per heavy atom. The third-order valence-electron chi connectivity index (χ3n) is 1.76. The summed E-state index contributed by atoms with van der Waals surface area (Å²) in [5, 5.41) is 10.5. The van der Waals surface area contributed by atoms with E-state index < -0.39 is 4.92 Å². The topological polar surface area (TPSA) is 69.2 Å². The Morgan fingerprint density at radius 2 is 2.29 bits per heavy atom. The highest BCUT2D eigenvalue weighted by Crippen LogP contribution is 2.23. The van der Waals surface area contributed by atoms with Crippen LogP contribution in [0.1, 0.15) is 12.5 Å². The largest absolute Gasteiger partial charge is 0.393 e. The lowest BCUT2D eigenvalue weighted by molar-refractivity contribution is -0.383. The van der Waals surface area contributed by atoms with Gasteiger partial charge in [0.05, 0.1) is 4.92 Å². The molecule has 0 saturated heterocycles. The molecule has 4 nitrogen and oxygen atoms in total. The predicted molar refractivity (Wildman–Crippen MR) is 59.3 cm³/mol. The Bertz CT molecular complexity index is 342. The Kier molecular flexibility index (Phi) is 3.76. The van der Waals surface area contributed by atoms with Crippen LogP contribution in [0.15, 0.2) is 18.2 Å². The SMILES string of the molecule is CCSCc1ccc([N+](=O)[O-])c(N)c1. The Hall–Kier alpha value is -1.23. The first kappa shape index (κ1) is 10.8. The van der Waals surface area contributed by atoms with E-state index in [1.54, 1.807) is 23.9 Å². The molecule has 1 rings (SSSR count). The van der Waals surface area contributed by atoms with E-state index in [0.717, 1.165) is 17.1 Å². The molecular formula is C9H12N2O2S. The van der Waals surface area contributed by atoms with E-state index in [9.17, 15) is 10.1 Å². The van der Waals surface area contributed by atoms with Gasteiger partial charge in [0.2, 0.25) is 0 Å². The number of rotatable bonds is 4. The summed E-state index contributed by atoms with van der Waals surface area (Å²) in [6.45, 7) is 2.07. The smallest absolute Gasteiger partial charge is 0.292 e. The first-order valence-electron chi connectivity index (χ1n) is 4.25. The van der Waals surface area contributed by atoms with Crippen LogP contribution in [0.4, 0.5) is 11.4 Å². The van der Waals surface area contributed by atoms with Crippen LogP contribution in [0.25, 0.3) is 0 Å². The van der Waals surface area contributed by atoms with Gasteiger partial charge in [-0.25, -0.2) is 0 Å². The molecular weight excluding hydrogens is 200 g/mol. The molecule has 1 aromatic carbocycles. The van der Waals surface area contributed by atoms with Gasteiger partial charge in [-0.3, -0.25) is 10.1 Å². The molecule has 0 saturated carbocycles. The predicted octanol–water partition coefficient (Wildman–Crippen LogP) is 2.43. The van der Waals surface area contributed by atoms with Gasteiger partial charge in [0, 0.05) is 11.8 Å². The van der Waals surface area contributed by atoms with Crippen LogP contribution < -0.4 is 5.73 Å². The molecule has 5 heteroatoms. The maximum atomic E-state index is 10.5. The fraction of sp³-hybridized carbons (Fsp3) is 0.333. The standard InChI is InChI=1S/C9H12N2O2S/c1-2-14-6-7-3-4-9(11(12)13)8(10)5-7/h3-5H,2,6,10H2,1H3. The number of anilines is 1. The average molecular weight is 212 g/mol. The first-order chi connectivity index (χ1) is 6.65. The second kappa shape index (κ2) is 4.85. The van der Waals surface area contributed by atoms with Crippen molar-refractivity contribution < 1.29 is 4.92 Å². The van der Waals surface area contributed by atoms with Crippen molar-refractivity contribution in [2.75, 3.05) is 11.5 Å². The van der Waals surface area contributed by atoms with Gasteiger partial charge in [0.1, 0.15) is 5.69 Å². The maximum absolute atomic E-state index is 10.5. The lowest BCUT2D eigenvalue weighted by Gasteiger charge is -2.01. The number of nitrogens with zero attached hydrogens (tertiary/aromatic N) is 1.